The van der Waals surface area contributed by atoms with Gasteiger partial charge in [-0.05, 0) is 37.1 Å². The van der Waals surface area contributed by atoms with Gasteiger partial charge in [0.15, 0.2) is 6.61 Å². The van der Waals surface area contributed by atoms with Gasteiger partial charge in [-0.25, -0.2) is 8.42 Å². The van der Waals surface area contributed by atoms with Crippen LogP contribution < -0.4 is 14.8 Å². The molecule has 184 valence electrons. The minimum absolute atomic E-state index is 0.00404. The zero-order valence-electron chi connectivity index (χ0n) is 19.1. The van der Waals surface area contributed by atoms with Gasteiger partial charge in [0, 0.05) is 13.0 Å². The number of aliphatic hydroxyl groups excluding tert-OH is 1. The second-order valence-corrected chi connectivity index (χ2v) is 9.55. The van der Waals surface area contributed by atoms with Crippen molar-refractivity contribution in [2.45, 2.75) is 37.3 Å². The quantitative estimate of drug-likeness (QED) is 0.493. The number of nitrogens with zero attached hydrogens (tertiary/aromatic N) is 3. The summed E-state index contributed by atoms with van der Waals surface area (Å²) in [5.41, 5.74) is 1.69. The molecule has 2 atom stereocenters. The summed E-state index contributed by atoms with van der Waals surface area (Å²) < 4.78 is 42.2. The Morgan fingerprint density at radius 3 is 2.35 bits per heavy atom. The molecule has 1 aliphatic heterocycles. The molecule has 3 rings (SSSR count). The summed E-state index contributed by atoms with van der Waals surface area (Å²) in [6.45, 7) is 2.65. The van der Waals surface area contributed by atoms with Gasteiger partial charge in [0.25, 0.3) is 5.91 Å². The smallest absolute Gasteiger partial charge is 0.325 e. The number of carbonyl (C=O) groups is 2. The predicted octanol–water partition coefficient (Wildman–Crippen LogP) is 0.416. The van der Waals surface area contributed by atoms with Crippen LogP contribution in [0.25, 0.3) is 0 Å². The van der Waals surface area contributed by atoms with Gasteiger partial charge < -0.3 is 19.3 Å². The standard InChI is InChI=1S/C21H26N4O8S/c1-12-5-6-15(7-13(12)2)34(29,30)25-10-14(26)8-16(25)20(28)33-11-17(27)22-21-23-18(31-3)9-19(24-21)32-4/h5-7,9,14,16,26H,8,10-11H2,1-4H3,(H,22,23,24,27)/t14-,16-/m0/s1. The van der Waals surface area contributed by atoms with Crippen molar-refractivity contribution in [3.63, 3.8) is 0 Å². The van der Waals surface area contributed by atoms with E-state index in [-0.39, 0.29) is 35.6 Å². The third kappa shape index (κ3) is 5.61. The van der Waals surface area contributed by atoms with Crippen LogP contribution in [0.3, 0.4) is 0 Å². The molecule has 2 aromatic rings. The fourth-order valence-corrected chi connectivity index (χ4v) is 5.05. The number of aromatic nitrogens is 2. The molecule has 1 fully saturated rings. The maximum Gasteiger partial charge on any atom is 0.325 e. The Bertz CT molecular complexity index is 1170. The molecular formula is C21H26N4O8S. The Kier molecular flexibility index (Phi) is 7.69. The summed E-state index contributed by atoms with van der Waals surface area (Å²) in [6, 6.07) is 4.75. The molecule has 1 saturated heterocycles. The van der Waals surface area contributed by atoms with Crippen LogP contribution in [0.1, 0.15) is 17.5 Å². The molecule has 34 heavy (non-hydrogen) atoms. The first kappa shape index (κ1) is 25.3. The molecule has 12 nitrogen and oxygen atoms in total. The van der Waals surface area contributed by atoms with Gasteiger partial charge in [0.2, 0.25) is 27.7 Å². The third-order valence-corrected chi connectivity index (χ3v) is 7.16. The number of hydrogen-bond acceptors (Lipinski definition) is 10. The van der Waals surface area contributed by atoms with E-state index >= 15 is 0 Å². The van der Waals surface area contributed by atoms with Crippen molar-refractivity contribution in [3.8, 4) is 11.8 Å². The second kappa shape index (κ2) is 10.3. The first-order valence-electron chi connectivity index (χ1n) is 10.3. The normalized spacial score (nSPS) is 18.4. The van der Waals surface area contributed by atoms with E-state index in [1.807, 2.05) is 6.92 Å². The second-order valence-electron chi connectivity index (χ2n) is 7.66. The molecule has 1 amide bonds. The predicted molar refractivity (Wildman–Crippen MR) is 119 cm³/mol. The van der Waals surface area contributed by atoms with Crippen LogP contribution in [-0.2, 0) is 24.3 Å². The Hall–Kier alpha value is -3.29. The molecule has 0 aliphatic carbocycles. The Morgan fingerprint density at radius 2 is 1.76 bits per heavy atom. The maximum absolute atomic E-state index is 13.1. The molecule has 0 radical (unpaired) electrons. The highest BCUT2D eigenvalue weighted by molar-refractivity contribution is 7.89. The summed E-state index contributed by atoms with van der Waals surface area (Å²) in [4.78, 5) is 32.8. The largest absolute Gasteiger partial charge is 0.481 e. The molecule has 0 spiro atoms. The molecule has 2 N–H and O–H groups in total. The third-order valence-electron chi connectivity index (χ3n) is 5.28. The first-order valence-corrected chi connectivity index (χ1v) is 11.7. The van der Waals surface area contributed by atoms with Crippen molar-refractivity contribution < 1.29 is 37.3 Å². The number of rotatable bonds is 8. The number of esters is 1. The Balaban J connectivity index is 1.68. The lowest BCUT2D eigenvalue weighted by Crippen LogP contribution is -2.42. The van der Waals surface area contributed by atoms with Crippen molar-refractivity contribution in [2.24, 2.45) is 0 Å². The number of methoxy groups -OCH3 is 2. The van der Waals surface area contributed by atoms with E-state index in [1.165, 1.54) is 32.4 Å². The molecule has 13 heteroatoms. The average Bonchev–Trinajstić information content (AvgIpc) is 3.21. The van der Waals surface area contributed by atoms with Gasteiger partial charge in [-0.1, -0.05) is 6.07 Å². The minimum Gasteiger partial charge on any atom is -0.481 e. The molecule has 1 aromatic carbocycles. The van der Waals surface area contributed by atoms with E-state index in [0.717, 1.165) is 15.4 Å². The SMILES string of the molecule is COc1cc(OC)nc(NC(=O)COC(=O)[C@@H]2C[C@H](O)CN2S(=O)(=O)c2ccc(C)c(C)c2)n1. The molecule has 0 saturated carbocycles. The number of aryl methyl sites for hydroxylation is 2. The molecule has 0 unspecified atom stereocenters. The summed E-state index contributed by atoms with van der Waals surface area (Å²) in [6.07, 6.45) is -1.20. The van der Waals surface area contributed by atoms with Crippen LogP contribution in [0, 0.1) is 13.8 Å². The van der Waals surface area contributed by atoms with Crippen molar-refractivity contribution in [1.29, 1.82) is 0 Å². The number of ether oxygens (including phenoxy) is 3. The fraction of sp³-hybridized carbons (Fsp3) is 0.429. The number of anilines is 1. The highest BCUT2D eigenvalue weighted by Gasteiger charge is 2.44. The lowest BCUT2D eigenvalue weighted by atomic mass is 10.1. The van der Waals surface area contributed by atoms with E-state index < -0.39 is 40.7 Å². The number of benzene rings is 1. The summed E-state index contributed by atoms with van der Waals surface area (Å²) in [5, 5.41) is 12.4. The van der Waals surface area contributed by atoms with Crippen molar-refractivity contribution in [2.75, 3.05) is 32.7 Å². The van der Waals surface area contributed by atoms with E-state index in [1.54, 1.807) is 13.0 Å². The van der Waals surface area contributed by atoms with Gasteiger partial charge in [-0.2, -0.15) is 14.3 Å². The first-order chi connectivity index (χ1) is 16.0. The van der Waals surface area contributed by atoms with Gasteiger partial charge in [0.1, 0.15) is 6.04 Å². The molecule has 1 aliphatic rings. The van der Waals surface area contributed by atoms with Crippen LogP contribution in [-0.4, -0.2) is 79.2 Å². The number of hydrogen-bond donors (Lipinski definition) is 2. The van der Waals surface area contributed by atoms with Gasteiger partial charge >= 0.3 is 5.97 Å². The highest BCUT2D eigenvalue weighted by Crippen LogP contribution is 2.28. The number of β-amino-alcohol motifs (C(OH)–C–C–N with tert-alkyl or cyclic N) is 1. The summed E-state index contributed by atoms with van der Waals surface area (Å²) in [7, 11) is -1.33. The van der Waals surface area contributed by atoms with Crippen molar-refractivity contribution >= 4 is 27.8 Å². The van der Waals surface area contributed by atoms with Crippen LogP contribution in [0.2, 0.25) is 0 Å². The van der Waals surface area contributed by atoms with Gasteiger partial charge in [-0.3, -0.25) is 14.9 Å². The summed E-state index contributed by atoms with van der Waals surface area (Å²) in [5.74, 6) is -1.56. The minimum atomic E-state index is -4.08. The zero-order valence-corrected chi connectivity index (χ0v) is 20.0. The summed E-state index contributed by atoms with van der Waals surface area (Å²) >= 11 is 0. The zero-order chi connectivity index (χ0) is 25.0. The fourth-order valence-electron chi connectivity index (χ4n) is 3.34. The highest BCUT2D eigenvalue weighted by atomic mass is 32.2. The van der Waals surface area contributed by atoms with E-state index in [0.29, 0.717) is 0 Å². The molecule has 2 heterocycles. The molecule has 1 aromatic heterocycles. The van der Waals surface area contributed by atoms with E-state index in [2.05, 4.69) is 15.3 Å². The van der Waals surface area contributed by atoms with Gasteiger partial charge in [0.05, 0.1) is 31.3 Å². The number of aliphatic hydroxyl groups is 1. The van der Waals surface area contributed by atoms with Crippen LogP contribution in [0.5, 0.6) is 11.8 Å². The van der Waals surface area contributed by atoms with Crippen molar-refractivity contribution in [1.82, 2.24) is 14.3 Å². The number of amides is 1. The number of carbonyl (C=O) groups excluding carboxylic acids is 2. The average molecular weight is 495 g/mol. The lowest BCUT2D eigenvalue weighted by molar-refractivity contribution is -0.150. The monoisotopic (exact) mass is 494 g/mol. The number of sulfonamides is 1. The molecular weight excluding hydrogens is 468 g/mol. The number of nitrogens with one attached hydrogen (secondary N) is 1. The topological polar surface area (TPSA) is 157 Å². The van der Waals surface area contributed by atoms with E-state index in [4.69, 9.17) is 14.2 Å². The Morgan fingerprint density at radius 1 is 1.12 bits per heavy atom. The van der Waals surface area contributed by atoms with Crippen molar-refractivity contribution in [3.05, 3.63) is 35.4 Å². The lowest BCUT2D eigenvalue weighted by Gasteiger charge is -2.22. The van der Waals surface area contributed by atoms with Crippen LogP contribution in [0.15, 0.2) is 29.2 Å². The van der Waals surface area contributed by atoms with E-state index in [9.17, 15) is 23.1 Å². The van der Waals surface area contributed by atoms with Crippen LogP contribution in [0.4, 0.5) is 5.95 Å². The van der Waals surface area contributed by atoms with Gasteiger partial charge in [-0.15, -0.1) is 0 Å². The maximum atomic E-state index is 13.1. The molecule has 0 bridgehead atoms. The van der Waals surface area contributed by atoms with Crippen LogP contribution >= 0.6 is 0 Å². The Labute approximate surface area is 196 Å².